The zero-order valence-electron chi connectivity index (χ0n) is 10.1. The van der Waals surface area contributed by atoms with Crippen molar-refractivity contribution in [1.82, 2.24) is 10.3 Å². The first kappa shape index (κ1) is 13.2. The van der Waals surface area contributed by atoms with E-state index < -0.39 is 0 Å². The van der Waals surface area contributed by atoms with Crippen molar-refractivity contribution in [2.24, 2.45) is 0 Å². The second-order valence-electron chi connectivity index (χ2n) is 3.88. The van der Waals surface area contributed by atoms with Gasteiger partial charge in [-0.25, -0.2) is 4.98 Å². The van der Waals surface area contributed by atoms with Crippen LogP contribution in [-0.2, 0) is 0 Å². The quantitative estimate of drug-likeness (QED) is 0.580. The SMILES string of the molecule is C#CCCCC(NCCC)c1cnc(C)s1. The zero-order valence-corrected chi connectivity index (χ0v) is 10.9. The summed E-state index contributed by atoms with van der Waals surface area (Å²) in [6.07, 6.45) is 11.5. The van der Waals surface area contributed by atoms with E-state index in [1.54, 1.807) is 11.3 Å². The maximum Gasteiger partial charge on any atom is 0.0897 e. The number of nitrogens with zero attached hydrogens (tertiary/aromatic N) is 1. The van der Waals surface area contributed by atoms with Gasteiger partial charge in [0, 0.05) is 23.5 Å². The summed E-state index contributed by atoms with van der Waals surface area (Å²) in [7, 11) is 0. The third kappa shape index (κ3) is 4.34. The lowest BCUT2D eigenvalue weighted by molar-refractivity contribution is 0.493. The van der Waals surface area contributed by atoms with Gasteiger partial charge in [-0.3, -0.25) is 0 Å². The van der Waals surface area contributed by atoms with Crippen molar-refractivity contribution in [2.45, 2.75) is 45.6 Å². The Labute approximate surface area is 102 Å². The molecule has 0 fully saturated rings. The molecule has 2 nitrogen and oxygen atoms in total. The molecule has 0 saturated carbocycles. The second-order valence-corrected chi connectivity index (χ2v) is 5.15. The molecule has 88 valence electrons. The maximum absolute atomic E-state index is 5.28. The lowest BCUT2D eigenvalue weighted by Gasteiger charge is -2.15. The maximum atomic E-state index is 5.28. The lowest BCUT2D eigenvalue weighted by atomic mass is 10.1. The summed E-state index contributed by atoms with van der Waals surface area (Å²) in [6.45, 7) is 5.29. The van der Waals surface area contributed by atoms with Crippen LogP contribution in [0.15, 0.2) is 6.20 Å². The Balaban J connectivity index is 2.53. The van der Waals surface area contributed by atoms with Gasteiger partial charge in [0.05, 0.1) is 5.01 Å². The van der Waals surface area contributed by atoms with Crippen LogP contribution in [0.4, 0.5) is 0 Å². The summed E-state index contributed by atoms with van der Waals surface area (Å²) in [6, 6.07) is 0.430. The van der Waals surface area contributed by atoms with E-state index in [-0.39, 0.29) is 0 Å². The van der Waals surface area contributed by atoms with Crippen LogP contribution >= 0.6 is 11.3 Å². The van der Waals surface area contributed by atoms with Crippen LogP contribution < -0.4 is 5.32 Å². The molecular formula is C13H20N2S. The second kappa shape index (κ2) is 7.43. The highest BCUT2D eigenvalue weighted by molar-refractivity contribution is 7.11. The molecule has 1 unspecified atom stereocenters. The van der Waals surface area contributed by atoms with Crippen LogP contribution in [0.3, 0.4) is 0 Å². The zero-order chi connectivity index (χ0) is 11.8. The van der Waals surface area contributed by atoms with Gasteiger partial charge in [-0.15, -0.1) is 23.7 Å². The highest BCUT2D eigenvalue weighted by Gasteiger charge is 2.12. The number of thiazole rings is 1. The molecule has 1 rings (SSSR count). The first-order valence-corrected chi connectivity index (χ1v) is 6.68. The molecule has 0 aliphatic rings. The lowest BCUT2D eigenvalue weighted by Crippen LogP contribution is -2.21. The van der Waals surface area contributed by atoms with Crippen molar-refractivity contribution in [3.8, 4) is 12.3 Å². The van der Waals surface area contributed by atoms with Crippen molar-refractivity contribution in [2.75, 3.05) is 6.54 Å². The van der Waals surface area contributed by atoms with Crippen molar-refractivity contribution in [3.63, 3.8) is 0 Å². The van der Waals surface area contributed by atoms with E-state index in [1.165, 1.54) is 4.88 Å². The first-order chi connectivity index (χ1) is 7.77. The molecule has 0 amide bonds. The monoisotopic (exact) mass is 236 g/mol. The number of nitrogens with one attached hydrogen (secondary N) is 1. The van der Waals surface area contributed by atoms with Crippen LogP contribution in [-0.4, -0.2) is 11.5 Å². The van der Waals surface area contributed by atoms with Gasteiger partial charge in [-0.1, -0.05) is 6.92 Å². The number of aryl methyl sites for hydroxylation is 1. The molecule has 0 saturated heterocycles. The summed E-state index contributed by atoms with van der Waals surface area (Å²) in [5.41, 5.74) is 0. The number of hydrogen-bond acceptors (Lipinski definition) is 3. The van der Waals surface area contributed by atoms with Gasteiger partial charge in [-0.05, 0) is 32.7 Å². The van der Waals surface area contributed by atoms with E-state index in [0.29, 0.717) is 6.04 Å². The van der Waals surface area contributed by atoms with Crippen LogP contribution in [0.25, 0.3) is 0 Å². The third-order valence-electron chi connectivity index (χ3n) is 2.44. The van der Waals surface area contributed by atoms with Gasteiger partial charge < -0.3 is 5.32 Å². The van der Waals surface area contributed by atoms with E-state index >= 15 is 0 Å². The smallest absolute Gasteiger partial charge is 0.0897 e. The fraction of sp³-hybridized carbons (Fsp3) is 0.615. The normalized spacial score (nSPS) is 12.3. The fourth-order valence-corrected chi connectivity index (χ4v) is 2.51. The topological polar surface area (TPSA) is 24.9 Å². The number of terminal acetylenes is 1. The minimum absolute atomic E-state index is 0.430. The number of unbranched alkanes of at least 4 members (excludes halogenated alkanes) is 1. The molecule has 0 aliphatic carbocycles. The van der Waals surface area contributed by atoms with Crippen LogP contribution in [0.2, 0.25) is 0 Å². The molecule has 1 aromatic heterocycles. The molecular weight excluding hydrogens is 216 g/mol. The Kier molecular flexibility index (Phi) is 6.14. The minimum Gasteiger partial charge on any atom is -0.309 e. The predicted octanol–water partition coefficient (Wildman–Crippen LogP) is 3.30. The number of rotatable bonds is 7. The summed E-state index contributed by atoms with van der Waals surface area (Å²) in [5.74, 6) is 2.70. The highest BCUT2D eigenvalue weighted by Crippen LogP contribution is 2.24. The van der Waals surface area contributed by atoms with Crippen LogP contribution in [0.1, 0.15) is 48.5 Å². The number of hydrogen-bond donors (Lipinski definition) is 1. The van der Waals surface area contributed by atoms with E-state index in [9.17, 15) is 0 Å². The molecule has 0 aliphatic heterocycles. The molecule has 1 aromatic rings. The molecule has 3 heteroatoms. The first-order valence-electron chi connectivity index (χ1n) is 5.87. The fourth-order valence-electron chi connectivity index (χ4n) is 1.61. The van der Waals surface area contributed by atoms with Gasteiger partial charge in [0.15, 0.2) is 0 Å². The molecule has 0 bridgehead atoms. The van der Waals surface area contributed by atoms with Gasteiger partial charge >= 0.3 is 0 Å². The minimum atomic E-state index is 0.430. The summed E-state index contributed by atoms with van der Waals surface area (Å²) in [4.78, 5) is 5.65. The van der Waals surface area contributed by atoms with E-state index in [1.807, 2.05) is 13.1 Å². The van der Waals surface area contributed by atoms with Gasteiger partial charge in [0.25, 0.3) is 0 Å². The standard InChI is InChI=1S/C13H20N2S/c1-4-6-7-8-12(14-9-5-2)13-10-15-11(3)16-13/h1,10,12,14H,5-9H2,2-3H3. The summed E-state index contributed by atoms with van der Waals surface area (Å²) >= 11 is 1.78. The molecule has 0 spiro atoms. The van der Waals surface area contributed by atoms with Crippen LogP contribution in [0.5, 0.6) is 0 Å². The van der Waals surface area contributed by atoms with E-state index in [0.717, 1.165) is 37.2 Å². The Hall–Kier alpha value is -0.850. The van der Waals surface area contributed by atoms with Crippen molar-refractivity contribution >= 4 is 11.3 Å². The molecule has 16 heavy (non-hydrogen) atoms. The van der Waals surface area contributed by atoms with Gasteiger partial charge in [0.2, 0.25) is 0 Å². The highest BCUT2D eigenvalue weighted by atomic mass is 32.1. The molecule has 0 aromatic carbocycles. The molecule has 1 N–H and O–H groups in total. The van der Waals surface area contributed by atoms with E-state index in [4.69, 9.17) is 6.42 Å². The van der Waals surface area contributed by atoms with Gasteiger partial charge in [0.1, 0.15) is 0 Å². The molecule has 1 heterocycles. The predicted molar refractivity (Wildman–Crippen MR) is 70.6 cm³/mol. The van der Waals surface area contributed by atoms with Crippen molar-refractivity contribution in [1.29, 1.82) is 0 Å². The average Bonchev–Trinajstić information content (AvgIpc) is 2.70. The molecule has 0 radical (unpaired) electrons. The molecule has 1 atom stereocenters. The summed E-state index contributed by atoms with van der Waals surface area (Å²) in [5, 5.41) is 4.69. The average molecular weight is 236 g/mol. The Morgan fingerprint density at radius 3 is 3.00 bits per heavy atom. The number of aromatic nitrogens is 1. The Bertz CT molecular complexity index is 338. The van der Waals surface area contributed by atoms with Crippen molar-refractivity contribution < 1.29 is 0 Å². The Morgan fingerprint density at radius 2 is 2.44 bits per heavy atom. The van der Waals surface area contributed by atoms with Crippen molar-refractivity contribution in [3.05, 3.63) is 16.1 Å². The summed E-state index contributed by atoms with van der Waals surface area (Å²) < 4.78 is 0. The Morgan fingerprint density at radius 1 is 1.62 bits per heavy atom. The van der Waals surface area contributed by atoms with E-state index in [2.05, 4.69) is 23.1 Å². The van der Waals surface area contributed by atoms with Gasteiger partial charge in [-0.2, -0.15) is 0 Å². The van der Waals surface area contributed by atoms with Crippen LogP contribution in [0, 0.1) is 19.3 Å². The largest absolute Gasteiger partial charge is 0.309 e. The third-order valence-corrected chi connectivity index (χ3v) is 3.46.